The maximum Gasteiger partial charge on any atom is 0.115 e. The largest absolute Gasteiger partial charge is 0.497 e. The molecule has 2 unspecified atom stereocenters. The summed E-state index contributed by atoms with van der Waals surface area (Å²) in [4.78, 5) is 0. The van der Waals surface area contributed by atoms with Gasteiger partial charge in [-0.25, -0.2) is 0 Å². The number of hydrogen-bond donors (Lipinski definition) is 0. The Morgan fingerprint density at radius 2 is 1.05 bits per heavy atom. The highest BCUT2D eigenvalue weighted by Crippen LogP contribution is 2.44. The van der Waals surface area contributed by atoms with Crippen molar-refractivity contribution in [2.75, 3.05) is 7.11 Å². The topological polar surface area (TPSA) is 9.23 Å². The number of methoxy groups -OCH3 is 1. The molecule has 0 radical (unpaired) electrons. The van der Waals surface area contributed by atoms with Crippen molar-refractivity contribution in [3.63, 3.8) is 0 Å². The van der Waals surface area contributed by atoms with E-state index < -0.39 is 0 Å². The van der Waals surface area contributed by atoms with E-state index >= 15 is 0 Å². The molecule has 0 heterocycles. The minimum atomic E-state index is 0.105. The lowest BCUT2D eigenvalue weighted by Crippen LogP contribution is -2.40. The molecule has 2 aliphatic carbocycles. The van der Waals surface area contributed by atoms with Gasteiger partial charge >= 0.3 is 0 Å². The SMILES string of the molecule is COC1=CC2C(c3cc(-c4ccccc4)cc(-c4ccccc4)c3)=c3ccccc3=C(c3cccc4ccccc34)C2C=C1. The van der Waals surface area contributed by atoms with E-state index in [0.29, 0.717) is 0 Å². The van der Waals surface area contributed by atoms with Gasteiger partial charge in [0.15, 0.2) is 0 Å². The average Bonchev–Trinajstić information content (AvgIpc) is 3.10. The van der Waals surface area contributed by atoms with Crippen molar-refractivity contribution in [3.8, 4) is 22.3 Å². The molecule has 0 aliphatic heterocycles. The Balaban J connectivity index is 1.49. The highest BCUT2D eigenvalue weighted by molar-refractivity contribution is 5.96. The molecule has 210 valence electrons. The zero-order chi connectivity index (χ0) is 29.5. The second kappa shape index (κ2) is 11.0. The molecule has 0 fully saturated rings. The van der Waals surface area contributed by atoms with E-state index in [1.54, 1.807) is 7.11 Å². The summed E-state index contributed by atoms with van der Waals surface area (Å²) in [5, 5.41) is 5.12. The van der Waals surface area contributed by atoms with Gasteiger partial charge in [-0.1, -0.05) is 133 Å². The third-order valence-electron chi connectivity index (χ3n) is 9.15. The van der Waals surface area contributed by atoms with Gasteiger partial charge in [0.05, 0.1) is 7.11 Å². The van der Waals surface area contributed by atoms with Crippen LogP contribution in [0.15, 0.2) is 170 Å². The second-order valence-corrected chi connectivity index (χ2v) is 11.6. The molecule has 1 nitrogen and oxygen atoms in total. The lowest BCUT2D eigenvalue weighted by atomic mass is 9.69. The van der Waals surface area contributed by atoms with Crippen molar-refractivity contribution < 1.29 is 4.74 Å². The van der Waals surface area contributed by atoms with E-state index in [-0.39, 0.29) is 11.8 Å². The molecule has 6 aromatic rings. The van der Waals surface area contributed by atoms with Crippen LogP contribution in [0.2, 0.25) is 0 Å². The molecule has 0 spiro atoms. The first-order chi connectivity index (χ1) is 21.8. The van der Waals surface area contributed by atoms with E-state index in [4.69, 9.17) is 4.74 Å². The van der Waals surface area contributed by atoms with Crippen LogP contribution in [0.25, 0.3) is 44.2 Å². The Kier molecular flexibility index (Phi) is 6.57. The van der Waals surface area contributed by atoms with Gasteiger partial charge < -0.3 is 4.74 Å². The van der Waals surface area contributed by atoms with E-state index in [1.165, 1.54) is 65.7 Å². The quantitative estimate of drug-likeness (QED) is 0.203. The molecule has 44 heavy (non-hydrogen) atoms. The smallest absolute Gasteiger partial charge is 0.115 e. The summed E-state index contributed by atoms with van der Waals surface area (Å²) in [6.07, 6.45) is 6.84. The van der Waals surface area contributed by atoms with Crippen LogP contribution in [0.4, 0.5) is 0 Å². The first kappa shape index (κ1) is 26.2. The first-order valence-corrected chi connectivity index (χ1v) is 15.3. The number of benzene rings is 6. The van der Waals surface area contributed by atoms with Gasteiger partial charge in [-0.3, -0.25) is 0 Å². The summed E-state index contributed by atoms with van der Waals surface area (Å²) in [5.41, 5.74) is 10.1. The Morgan fingerprint density at radius 3 is 1.73 bits per heavy atom. The number of allylic oxidation sites excluding steroid dienone is 3. The number of ether oxygens (including phenoxy) is 1. The molecule has 6 aromatic carbocycles. The molecule has 1 heteroatoms. The van der Waals surface area contributed by atoms with Crippen molar-refractivity contribution in [3.05, 3.63) is 191 Å². The third-order valence-corrected chi connectivity index (χ3v) is 9.15. The summed E-state index contributed by atoms with van der Waals surface area (Å²) in [6.45, 7) is 0. The van der Waals surface area contributed by atoms with Crippen LogP contribution in [0, 0.1) is 11.8 Å². The fourth-order valence-electron chi connectivity index (χ4n) is 7.15. The summed E-state index contributed by atoms with van der Waals surface area (Å²) >= 11 is 0. The maximum atomic E-state index is 5.86. The summed E-state index contributed by atoms with van der Waals surface area (Å²) < 4.78 is 5.86. The molecule has 0 saturated heterocycles. The summed E-state index contributed by atoms with van der Waals surface area (Å²) in [7, 11) is 1.77. The minimum Gasteiger partial charge on any atom is -0.497 e. The van der Waals surface area contributed by atoms with Crippen LogP contribution in [-0.4, -0.2) is 7.11 Å². The van der Waals surface area contributed by atoms with Gasteiger partial charge in [0.1, 0.15) is 5.76 Å². The van der Waals surface area contributed by atoms with Crippen LogP contribution in [0.3, 0.4) is 0 Å². The van der Waals surface area contributed by atoms with Crippen LogP contribution in [-0.2, 0) is 4.74 Å². The maximum absolute atomic E-state index is 5.86. The standard InChI is InChI=1S/C43H32O/c1-44-35-23-24-40-41(28-35)42(34-26-32(29-13-4-2-5-14-29)25-33(27-34)30-15-6-3-7-16-30)38-20-10-11-21-39(38)43(40)37-22-12-18-31-17-8-9-19-36(31)37/h2-28,40-41H,1H3. The molecule has 0 saturated carbocycles. The summed E-state index contributed by atoms with van der Waals surface area (Å²) in [6, 6.07) is 53.0. The predicted octanol–water partition coefficient (Wildman–Crippen LogP) is 8.92. The van der Waals surface area contributed by atoms with Gasteiger partial charge in [0, 0.05) is 11.8 Å². The molecule has 2 aliphatic rings. The zero-order valence-corrected chi connectivity index (χ0v) is 24.7. The third kappa shape index (κ3) is 4.49. The van der Waals surface area contributed by atoms with Gasteiger partial charge in [-0.2, -0.15) is 0 Å². The molecule has 2 atom stereocenters. The monoisotopic (exact) mass is 564 g/mol. The molecule has 0 aromatic heterocycles. The van der Waals surface area contributed by atoms with Crippen molar-refractivity contribution in [2.24, 2.45) is 11.8 Å². The van der Waals surface area contributed by atoms with Crippen molar-refractivity contribution in [1.82, 2.24) is 0 Å². The lowest BCUT2D eigenvalue weighted by molar-refractivity contribution is 0.300. The van der Waals surface area contributed by atoms with E-state index in [9.17, 15) is 0 Å². The Labute approximate surface area is 258 Å². The summed E-state index contributed by atoms with van der Waals surface area (Å²) in [5.74, 6) is 1.17. The Hall–Kier alpha value is -5.40. The van der Waals surface area contributed by atoms with Crippen LogP contribution < -0.4 is 10.4 Å². The second-order valence-electron chi connectivity index (χ2n) is 11.6. The highest BCUT2D eigenvalue weighted by atomic mass is 16.5. The molecule has 8 rings (SSSR count). The first-order valence-electron chi connectivity index (χ1n) is 15.3. The van der Waals surface area contributed by atoms with E-state index in [0.717, 1.165) is 5.76 Å². The number of rotatable bonds is 5. The fourth-order valence-corrected chi connectivity index (χ4v) is 7.15. The van der Waals surface area contributed by atoms with Crippen LogP contribution in [0.1, 0.15) is 11.1 Å². The molecule has 0 amide bonds. The molecular weight excluding hydrogens is 532 g/mol. The van der Waals surface area contributed by atoms with Crippen LogP contribution >= 0.6 is 0 Å². The van der Waals surface area contributed by atoms with Gasteiger partial charge in [0.25, 0.3) is 0 Å². The predicted molar refractivity (Wildman–Crippen MR) is 183 cm³/mol. The number of hydrogen-bond acceptors (Lipinski definition) is 1. The minimum absolute atomic E-state index is 0.105. The van der Waals surface area contributed by atoms with E-state index in [1.807, 2.05) is 0 Å². The van der Waals surface area contributed by atoms with Gasteiger partial charge in [0.2, 0.25) is 0 Å². The zero-order valence-electron chi connectivity index (χ0n) is 24.7. The van der Waals surface area contributed by atoms with Gasteiger partial charge in [-0.05, 0) is 96.1 Å². The normalized spacial score (nSPS) is 17.2. The van der Waals surface area contributed by atoms with Crippen LogP contribution in [0.5, 0.6) is 0 Å². The van der Waals surface area contributed by atoms with Crippen molar-refractivity contribution >= 4 is 21.9 Å². The average molecular weight is 565 g/mol. The lowest BCUT2D eigenvalue weighted by Gasteiger charge is -2.34. The van der Waals surface area contributed by atoms with Crippen molar-refractivity contribution in [1.29, 1.82) is 0 Å². The molecule has 0 bridgehead atoms. The fraction of sp³-hybridized carbons (Fsp3) is 0.0698. The highest BCUT2D eigenvalue weighted by Gasteiger charge is 2.34. The Morgan fingerprint density at radius 1 is 0.477 bits per heavy atom. The molecular formula is C43H32O. The van der Waals surface area contributed by atoms with E-state index in [2.05, 4.69) is 164 Å². The van der Waals surface area contributed by atoms with Gasteiger partial charge in [-0.15, -0.1) is 0 Å². The number of fused-ring (bicyclic) bond motifs is 3. The molecule has 0 N–H and O–H groups in total. The van der Waals surface area contributed by atoms with Crippen molar-refractivity contribution in [2.45, 2.75) is 0 Å². The Bertz CT molecular complexity index is 2140.